The van der Waals surface area contributed by atoms with Crippen LogP contribution in [0.2, 0.25) is 0 Å². The highest BCUT2D eigenvalue weighted by molar-refractivity contribution is 5.93. The average Bonchev–Trinajstić information content (AvgIpc) is 2.55. The van der Waals surface area contributed by atoms with Crippen molar-refractivity contribution in [2.24, 2.45) is 0 Å². The third kappa shape index (κ3) is 3.04. The van der Waals surface area contributed by atoms with Gasteiger partial charge in [0.1, 0.15) is 17.3 Å². The van der Waals surface area contributed by atoms with Crippen LogP contribution in [-0.4, -0.2) is 19.2 Å². The van der Waals surface area contributed by atoms with Crippen molar-refractivity contribution in [3.8, 4) is 11.5 Å². The summed E-state index contributed by atoms with van der Waals surface area (Å²) < 4.78 is 24.2. The van der Waals surface area contributed by atoms with Crippen LogP contribution in [-0.2, 0) is 0 Å². The first-order valence-corrected chi connectivity index (χ1v) is 7.16. The summed E-state index contributed by atoms with van der Waals surface area (Å²) in [6, 6.07) is 11.9. The number of aromatic nitrogens is 1. The summed E-state index contributed by atoms with van der Waals surface area (Å²) in [6.07, 6.45) is 0. The largest absolute Gasteiger partial charge is 0.497 e. The van der Waals surface area contributed by atoms with Crippen molar-refractivity contribution in [2.75, 3.05) is 19.5 Å². The van der Waals surface area contributed by atoms with Gasteiger partial charge in [-0.2, -0.15) is 0 Å². The minimum atomic E-state index is -0.298. The summed E-state index contributed by atoms with van der Waals surface area (Å²) in [5.41, 5.74) is 3.13. The predicted octanol–water partition coefficient (Wildman–Crippen LogP) is 4.44. The van der Waals surface area contributed by atoms with Gasteiger partial charge in [0.05, 0.1) is 25.4 Å². The molecule has 4 nitrogen and oxygen atoms in total. The fraction of sp³-hybridized carbons (Fsp3) is 0.167. The van der Waals surface area contributed by atoms with Crippen molar-refractivity contribution >= 4 is 22.3 Å². The fourth-order valence-electron chi connectivity index (χ4n) is 2.48. The molecule has 0 bridgehead atoms. The Bertz CT molecular complexity index is 865. The molecule has 2 aromatic carbocycles. The van der Waals surface area contributed by atoms with Crippen LogP contribution in [0.3, 0.4) is 0 Å². The van der Waals surface area contributed by atoms with E-state index < -0.39 is 0 Å². The second-order valence-electron chi connectivity index (χ2n) is 5.16. The Kier molecular flexibility index (Phi) is 4.02. The number of nitrogens with zero attached hydrogens (tertiary/aromatic N) is 1. The lowest BCUT2D eigenvalue weighted by Crippen LogP contribution is -1.98. The van der Waals surface area contributed by atoms with Crippen LogP contribution in [0.5, 0.6) is 11.5 Å². The van der Waals surface area contributed by atoms with Crippen molar-refractivity contribution < 1.29 is 13.9 Å². The number of hydrogen-bond donors (Lipinski definition) is 1. The van der Waals surface area contributed by atoms with Gasteiger partial charge in [-0.3, -0.25) is 4.98 Å². The third-order valence-electron chi connectivity index (χ3n) is 3.58. The highest BCUT2D eigenvalue weighted by Crippen LogP contribution is 2.34. The van der Waals surface area contributed by atoms with Gasteiger partial charge < -0.3 is 14.8 Å². The van der Waals surface area contributed by atoms with Crippen LogP contribution >= 0.6 is 0 Å². The molecule has 1 N–H and O–H groups in total. The van der Waals surface area contributed by atoms with E-state index in [9.17, 15) is 4.39 Å². The number of ether oxygens (including phenoxy) is 2. The zero-order valence-electron chi connectivity index (χ0n) is 13.2. The van der Waals surface area contributed by atoms with Crippen LogP contribution in [0, 0.1) is 12.7 Å². The molecule has 5 heteroatoms. The second kappa shape index (κ2) is 6.12. The lowest BCUT2D eigenvalue weighted by atomic mass is 10.1. The Morgan fingerprint density at radius 1 is 0.957 bits per heavy atom. The van der Waals surface area contributed by atoms with Gasteiger partial charge in [-0.25, -0.2) is 4.39 Å². The molecule has 23 heavy (non-hydrogen) atoms. The second-order valence-corrected chi connectivity index (χ2v) is 5.16. The smallest absolute Gasteiger partial charge is 0.145 e. The fourth-order valence-corrected chi connectivity index (χ4v) is 2.48. The number of hydrogen-bond acceptors (Lipinski definition) is 4. The Labute approximate surface area is 133 Å². The van der Waals surface area contributed by atoms with Crippen LogP contribution in [0.4, 0.5) is 15.8 Å². The Morgan fingerprint density at radius 3 is 2.52 bits per heavy atom. The maximum Gasteiger partial charge on any atom is 0.145 e. The standard InChI is InChI=1S/C18H17FN2O2/c1-11-8-17(14-9-12(19)4-6-15(14)20-11)21-16-7-5-13(22-2)10-18(16)23-3/h4-10H,1-3H3,(H,20,21). The average molecular weight is 312 g/mol. The van der Waals surface area contributed by atoms with Gasteiger partial charge in [-0.05, 0) is 43.3 Å². The summed E-state index contributed by atoms with van der Waals surface area (Å²) >= 11 is 0. The van der Waals surface area contributed by atoms with Crippen LogP contribution in [0.1, 0.15) is 5.69 Å². The summed E-state index contributed by atoms with van der Waals surface area (Å²) in [7, 11) is 3.19. The molecule has 0 spiro atoms. The van der Waals surface area contributed by atoms with E-state index in [1.807, 2.05) is 25.1 Å². The van der Waals surface area contributed by atoms with Gasteiger partial charge in [0.25, 0.3) is 0 Å². The first-order chi connectivity index (χ1) is 11.1. The van der Waals surface area contributed by atoms with Crippen molar-refractivity contribution in [1.29, 1.82) is 0 Å². The number of anilines is 2. The first-order valence-electron chi connectivity index (χ1n) is 7.16. The van der Waals surface area contributed by atoms with Gasteiger partial charge >= 0.3 is 0 Å². The van der Waals surface area contributed by atoms with E-state index in [4.69, 9.17) is 9.47 Å². The molecule has 0 aliphatic carbocycles. The van der Waals surface area contributed by atoms with E-state index >= 15 is 0 Å². The van der Waals surface area contributed by atoms with Gasteiger partial charge in [0.2, 0.25) is 0 Å². The lowest BCUT2D eigenvalue weighted by Gasteiger charge is -2.14. The molecule has 0 fully saturated rings. The highest BCUT2D eigenvalue weighted by atomic mass is 19.1. The van der Waals surface area contributed by atoms with E-state index in [2.05, 4.69) is 10.3 Å². The van der Waals surface area contributed by atoms with Crippen molar-refractivity contribution in [2.45, 2.75) is 6.92 Å². The molecule has 0 aliphatic heterocycles. The van der Waals surface area contributed by atoms with Crippen molar-refractivity contribution in [1.82, 2.24) is 4.98 Å². The Balaban J connectivity index is 2.09. The zero-order chi connectivity index (χ0) is 16.4. The number of aryl methyl sites for hydroxylation is 1. The normalized spacial score (nSPS) is 10.6. The first kappa shape index (κ1) is 15.1. The molecule has 0 aliphatic rings. The van der Waals surface area contributed by atoms with Crippen molar-refractivity contribution in [3.05, 3.63) is 54.0 Å². The summed E-state index contributed by atoms with van der Waals surface area (Å²) in [5.74, 6) is 1.05. The number of pyridine rings is 1. The SMILES string of the molecule is COc1ccc(Nc2cc(C)nc3ccc(F)cc23)c(OC)c1. The Morgan fingerprint density at radius 2 is 1.78 bits per heavy atom. The zero-order valence-corrected chi connectivity index (χ0v) is 13.2. The summed E-state index contributed by atoms with van der Waals surface area (Å²) in [6.45, 7) is 1.90. The number of rotatable bonds is 4. The minimum absolute atomic E-state index is 0.298. The van der Waals surface area contributed by atoms with Gasteiger partial charge in [0, 0.05) is 22.8 Å². The van der Waals surface area contributed by atoms with Crippen LogP contribution in [0.25, 0.3) is 10.9 Å². The van der Waals surface area contributed by atoms with Gasteiger partial charge in [-0.15, -0.1) is 0 Å². The number of halogens is 1. The molecule has 3 rings (SSSR count). The van der Waals surface area contributed by atoms with E-state index in [1.54, 1.807) is 26.4 Å². The lowest BCUT2D eigenvalue weighted by molar-refractivity contribution is 0.395. The van der Waals surface area contributed by atoms with E-state index in [0.29, 0.717) is 16.9 Å². The molecular weight excluding hydrogens is 295 g/mol. The minimum Gasteiger partial charge on any atom is -0.497 e. The Hall–Kier alpha value is -2.82. The molecule has 0 radical (unpaired) electrons. The molecule has 0 saturated heterocycles. The highest BCUT2D eigenvalue weighted by Gasteiger charge is 2.10. The molecule has 0 atom stereocenters. The molecule has 0 saturated carbocycles. The van der Waals surface area contributed by atoms with E-state index in [0.717, 1.165) is 22.6 Å². The number of fused-ring (bicyclic) bond motifs is 1. The maximum absolute atomic E-state index is 13.6. The maximum atomic E-state index is 13.6. The molecule has 0 unspecified atom stereocenters. The number of methoxy groups -OCH3 is 2. The monoisotopic (exact) mass is 312 g/mol. The molecule has 0 amide bonds. The molecule has 1 aromatic heterocycles. The molecule has 3 aromatic rings. The van der Waals surface area contributed by atoms with E-state index in [-0.39, 0.29) is 5.82 Å². The molecule has 1 heterocycles. The van der Waals surface area contributed by atoms with Gasteiger partial charge in [0.15, 0.2) is 0 Å². The third-order valence-corrected chi connectivity index (χ3v) is 3.58. The van der Waals surface area contributed by atoms with Crippen molar-refractivity contribution in [3.63, 3.8) is 0 Å². The summed E-state index contributed by atoms with van der Waals surface area (Å²) in [4.78, 5) is 4.43. The van der Waals surface area contributed by atoms with Crippen LogP contribution < -0.4 is 14.8 Å². The van der Waals surface area contributed by atoms with E-state index in [1.165, 1.54) is 12.1 Å². The molecular formula is C18H17FN2O2. The number of benzene rings is 2. The van der Waals surface area contributed by atoms with Crippen LogP contribution in [0.15, 0.2) is 42.5 Å². The quantitative estimate of drug-likeness (QED) is 0.773. The predicted molar refractivity (Wildman–Crippen MR) is 89.3 cm³/mol. The van der Waals surface area contributed by atoms with Gasteiger partial charge in [-0.1, -0.05) is 0 Å². The topological polar surface area (TPSA) is 43.4 Å². The molecule has 118 valence electrons. The number of nitrogens with one attached hydrogen (secondary N) is 1. The summed E-state index contributed by atoms with van der Waals surface area (Å²) in [5, 5.41) is 4.01.